The van der Waals surface area contributed by atoms with Gasteiger partial charge in [0, 0.05) is 26.8 Å². The van der Waals surface area contributed by atoms with Gasteiger partial charge in [-0.1, -0.05) is 0 Å². The molecular formula is C10H18N2O4. The van der Waals surface area contributed by atoms with Crippen molar-refractivity contribution in [2.24, 2.45) is 0 Å². The topological polar surface area (TPSA) is 78.9 Å². The Morgan fingerprint density at radius 2 is 2.44 bits per heavy atom. The molecule has 0 aliphatic carbocycles. The minimum absolute atomic E-state index is 0.281. The van der Waals surface area contributed by atoms with Crippen LogP contribution in [0.5, 0.6) is 0 Å². The van der Waals surface area contributed by atoms with Crippen LogP contribution in [-0.2, 0) is 9.53 Å². The average Bonchev–Trinajstić information content (AvgIpc) is 2.25. The van der Waals surface area contributed by atoms with Crippen molar-refractivity contribution in [1.82, 2.24) is 10.2 Å². The Hall–Kier alpha value is -1.30. The molecule has 0 saturated carbocycles. The van der Waals surface area contributed by atoms with Gasteiger partial charge in [-0.3, -0.25) is 0 Å². The van der Waals surface area contributed by atoms with Gasteiger partial charge in [0.1, 0.15) is 6.04 Å². The molecular weight excluding hydrogens is 212 g/mol. The molecule has 0 spiro atoms. The molecule has 1 aliphatic heterocycles. The van der Waals surface area contributed by atoms with E-state index in [1.54, 1.807) is 7.11 Å². The lowest BCUT2D eigenvalue weighted by molar-refractivity contribution is -0.142. The minimum atomic E-state index is -0.951. The highest BCUT2D eigenvalue weighted by Crippen LogP contribution is 2.11. The first-order valence-corrected chi connectivity index (χ1v) is 5.43. The van der Waals surface area contributed by atoms with E-state index in [1.165, 1.54) is 4.90 Å². The third-order valence-electron chi connectivity index (χ3n) is 2.60. The summed E-state index contributed by atoms with van der Waals surface area (Å²) in [6, 6.07) is -1.02. The highest BCUT2D eigenvalue weighted by Gasteiger charge is 2.30. The summed E-state index contributed by atoms with van der Waals surface area (Å²) in [5.41, 5.74) is 0. The Balaban J connectivity index is 2.53. The van der Waals surface area contributed by atoms with Crippen molar-refractivity contribution in [3.63, 3.8) is 0 Å². The standard InChI is InChI=1S/C10H18N2O4/c1-16-7-2-4-8(9(13)14)12-6-3-5-11-10(12)15/h8H,2-7H2,1H3,(H,11,15)(H,13,14). The molecule has 2 amide bonds. The van der Waals surface area contributed by atoms with Gasteiger partial charge in [0.15, 0.2) is 0 Å². The van der Waals surface area contributed by atoms with Gasteiger partial charge in [0.05, 0.1) is 0 Å². The minimum Gasteiger partial charge on any atom is -0.480 e. The number of hydrogen-bond donors (Lipinski definition) is 2. The fourth-order valence-electron chi connectivity index (χ4n) is 1.78. The molecule has 1 saturated heterocycles. The largest absolute Gasteiger partial charge is 0.480 e. The number of nitrogens with one attached hydrogen (secondary N) is 1. The molecule has 6 nitrogen and oxygen atoms in total. The number of nitrogens with zero attached hydrogens (tertiary/aromatic N) is 1. The average molecular weight is 230 g/mol. The number of carbonyl (C=O) groups excluding carboxylic acids is 1. The smallest absolute Gasteiger partial charge is 0.326 e. The monoisotopic (exact) mass is 230 g/mol. The maximum Gasteiger partial charge on any atom is 0.326 e. The Morgan fingerprint density at radius 3 is 3.00 bits per heavy atom. The summed E-state index contributed by atoms with van der Waals surface area (Å²) in [5.74, 6) is -0.951. The molecule has 92 valence electrons. The van der Waals surface area contributed by atoms with E-state index in [0.717, 1.165) is 6.42 Å². The van der Waals surface area contributed by atoms with Gasteiger partial charge in [0.25, 0.3) is 0 Å². The highest BCUT2D eigenvalue weighted by molar-refractivity contribution is 5.83. The van der Waals surface area contributed by atoms with Crippen molar-refractivity contribution in [3.05, 3.63) is 0 Å². The molecule has 16 heavy (non-hydrogen) atoms. The first-order valence-electron chi connectivity index (χ1n) is 5.43. The van der Waals surface area contributed by atoms with Crippen molar-refractivity contribution in [2.45, 2.75) is 25.3 Å². The number of methoxy groups -OCH3 is 1. The number of aliphatic carboxylic acids is 1. The molecule has 1 atom stereocenters. The molecule has 0 aromatic carbocycles. The molecule has 1 aliphatic rings. The van der Waals surface area contributed by atoms with E-state index in [4.69, 9.17) is 9.84 Å². The van der Waals surface area contributed by atoms with Gasteiger partial charge in [0.2, 0.25) is 0 Å². The molecule has 0 aromatic rings. The van der Waals surface area contributed by atoms with E-state index in [2.05, 4.69) is 5.32 Å². The quantitative estimate of drug-likeness (QED) is 0.642. The summed E-state index contributed by atoms with van der Waals surface area (Å²) >= 11 is 0. The van der Waals surface area contributed by atoms with Crippen LogP contribution < -0.4 is 5.32 Å². The van der Waals surface area contributed by atoms with Crippen molar-refractivity contribution in [2.75, 3.05) is 26.8 Å². The predicted octanol–water partition coefficient (Wildman–Crippen LogP) is 0.282. The summed E-state index contributed by atoms with van der Waals surface area (Å²) in [6.07, 6.45) is 1.85. The first-order chi connectivity index (χ1) is 7.66. The third kappa shape index (κ3) is 3.37. The zero-order valence-electron chi connectivity index (χ0n) is 9.44. The Labute approximate surface area is 94.6 Å². The summed E-state index contributed by atoms with van der Waals surface area (Å²) < 4.78 is 4.87. The summed E-state index contributed by atoms with van der Waals surface area (Å²) in [6.45, 7) is 1.65. The van der Waals surface area contributed by atoms with Crippen LogP contribution in [0.25, 0.3) is 0 Å². The lowest BCUT2D eigenvalue weighted by Crippen LogP contribution is -2.53. The fourth-order valence-corrected chi connectivity index (χ4v) is 1.78. The lowest BCUT2D eigenvalue weighted by atomic mass is 10.1. The second-order valence-electron chi connectivity index (χ2n) is 3.77. The van der Waals surface area contributed by atoms with Crippen LogP contribution in [0.2, 0.25) is 0 Å². The molecule has 0 radical (unpaired) electrons. The molecule has 1 unspecified atom stereocenters. The number of ether oxygens (including phenoxy) is 1. The zero-order valence-corrected chi connectivity index (χ0v) is 9.44. The molecule has 1 heterocycles. The maximum absolute atomic E-state index is 11.5. The zero-order chi connectivity index (χ0) is 12.0. The van der Waals surface area contributed by atoms with Crippen LogP contribution in [-0.4, -0.2) is 54.9 Å². The third-order valence-corrected chi connectivity index (χ3v) is 2.60. The molecule has 0 aromatic heterocycles. The normalized spacial score (nSPS) is 18.1. The van der Waals surface area contributed by atoms with E-state index in [0.29, 0.717) is 32.5 Å². The predicted molar refractivity (Wildman–Crippen MR) is 57.3 cm³/mol. The molecule has 6 heteroatoms. The fraction of sp³-hybridized carbons (Fsp3) is 0.800. The number of amides is 2. The maximum atomic E-state index is 11.5. The molecule has 2 N–H and O–H groups in total. The molecule has 1 fully saturated rings. The second-order valence-corrected chi connectivity index (χ2v) is 3.77. The van der Waals surface area contributed by atoms with E-state index in [-0.39, 0.29) is 6.03 Å². The molecule has 1 rings (SSSR count). The Kier molecular flexibility index (Phi) is 5.04. The summed E-state index contributed by atoms with van der Waals surface area (Å²) in [7, 11) is 1.57. The van der Waals surface area contributed by atoms with Crippen molar-refractivity contribution in [3.8, 4) is 0 Å². The SMILES string of the molecule is COCCCC(C(=O)O)N1CCCNC1=O. The number of rotatable bonds is 6. The van der Waals surface area contributed by atoms with Gasteiger partial charge in [-0.25, -0.2) is 9.59 Å². The van der Waals surface area contributed by atoms with Gasteiger partial charge < -0.3 is 20.1 Å². The van der Waals surface area contributed by atoms with Gasteiger partial charge >= 0.3 is 12.0 Å². The number of carboxylic acid groups (broad SMARTS) is 1. The van der Waals surface area contributed by atoms with Crippen LogP contribution in [0.15, 0.2) is 0 Å². The van der Waals surface area contributed by atoms with Crippen LogP contribution in [0.3, 0.4) is 0 Å². The first kappa shape index (κ1) is 12.8. The molecule has 0 bridgehead atoms. The van der Waals surface area contributed by atoms with E-state index < -0.39 is 12.0 Å². The number of carboxylic acids is 1. The Morgan fingerprint density at radius 1 is 1.69 bits per heavy atom. The summed E-state index contributed by atoms with van der Waals surface area (Å²) in [5, 5.41) is 11.7. The second kappa shape index (κ2) is 6.32. The van der Waals surface area contributed by atoms with Gasteiger partial charge in [-0.15, -0.1) is 0 Å². The van der Waals surface area contributed by atoms with Crippen molar-refractivity contribution < 1.29 is 19.4 Å². The van der Waals surface area contributed by atoms with E-state index in [9.17, 15) is 9.59 Å². The number of carbonyl (C=O) groups is 2. The van der Waals surface area contributed by atoms with Crippen molar-refractivity contribution >= 4 is 12.0 Å². The van der Waals surface area contributed by atoms with E-state index >= 15 is 0 Å². The van der Waals surface area contributed by atoms with Crippen LogP contribution in [0, 0.1) is 0 Å². The van der Waals surface area contributed by atoms with Gasteiger partial charge in [-0.2, -0.15) is 0 Å². The van der Waals surface area contributed by atoms with Crippen molar-refractivity contribution in [1.29, 1.82) is 0 Å². The van der Waals surface area contributed by atoms with E-state index in [1.807, 2.05) is 0 Å². The number of hydrogen-bond acceptors (Lipinski definition) is 3. The summed E-state index contributed by atoms with van der Waals surface area (Å²) in [4.78, 5) is 24.0. The van der Waals surface area contributed by atoms with Crippen LogP contribution in [0.1, 0.15) is 19.3 Å². The highest BCUT2D eigenvalue weighted by atomic mass is 16.5. The Bertz CT molecular complexity index is 257. The number of urea groups is 1. The van der Waals surface area contributed by atoms with Gasteiger partial charge in [-0.05, 0) is 19.3 Å². The van der Waals surface area contributed by atoms with Crippen LogP contribution >= 0.6 is 0 Å². The lowest BCUT2D eigenvalue weighted by Gasteiger charge is -2.32. The van der Waals surface area contributed by atoms with Crippen LogP contribution in [0.4, 0.5) is 4.79 Å².